The standard InChI is InChI=1S/C22H30N2/c1-5-11-24-15-17(6-2)12-19-9-8-18(13-22(19)24)21-14-20(23-4)10-7-16(21)3/h7-10,13-14,17,23H,5-6,11-12,15H2,1-4H3. The number of rotatable bonds is 5. The van der Waals surface area contributed by atoms with Gasteiger partial charge in [0.25, 0.3) is 0 Å². The summed E-state index contributed by atoms with van der Waals surface area (Å²) in [5.41, 5.74) is 8.14. The van der Waals surface area contributed by atoms with Gasteiger partial charge in [0.15, 0.2) is 0 Å². The van der Waals surface area contributed by atoms with Crippen molar-refractivity contribution in [1.29, 1.82) is 0 Å². The molecule has 0 amide bonds. The highest BCUT2D eigenvalue weighted by Crippen LogP contribution is 2.36. The molecule has 24 heavy (non-hydrogen) atoms. The summed E-state index contributed by atoms with van der Waals surface area (Å²) >= 11 is 0. The minimum absolute atomic E-state index is 0.796. The predicted octanol–water partition coefficient (Wildman–Crippen LogP) is 5.50. The van der Waals surface area contributed by atoms with Gasteiger partial charge in [0.05, 0.1) is 0 Å². The second-order valence-corrected chi connectivity index (χ2v) is 7.05. The number of nitrogens with zero attached hydrogens (tertiary/aromatic N) is 1. The van der Waals surface area contributed by atoms with Crippen molar-refractivity contribution in [2.75, 3.05) is 30.4 Å². The quantitative estimate of drug-likeness (QED) is 0.781. The van der Waals surface area contributed by atoms with E-state index < -0.39 is 0 Å². The molecule has 2 nitrogen and oxygen atoms in total. The van der Waals surface area contributed by atoms with E-state index in [0.29, 0.717) is 0 Å². The normalized spacial score (nSPS) is 16.8. The van der Waals surface area contributed by atoms with Crippen molar-refractivity contribution in [2.24, 2.45) is 5.92 Å². The van der Waals surface area contributed by atoms with Crippen LogP contribution in [0.4, 0.5) is 11.4 Å². The van der Waals surface area contributed by atoms with E-state index in [-0.39, 0.29) is 0 Å². The average molecular weight is 322 g/mol. The molecule has 0 saturated carbocycles. The zero-order valence-corrected chi connectivity index (χ0v) is 15.5. The molecule has 0 radical (unpaired) electrons. The molecule has 1 atom stereocenters. The molecule has 2 aromatic carbocycles. The van der Waals surface area contributed by atoms with Gasteiger partial charge in [-0.15, -0.1) is 0 Å². The molecule has 2 heteroatoms. The number of aryl methyl sites for hydroxylation is 1. The Morgan fingerprint density at radius 3 is 2.67 bits per heavy atom. The summed E-state index contributed by atoms with van der Waals surface area (Å²) in [7, 11) is 1.98. The van der Waals surface area contributed by atoms with Gasteiger partial charge in [-0.1, -0.05) is 38.5 Å². The molecular formula is C22H30N2. The number of hydrogen-bond donors (Lipinski definition) is 1. The Morgan fingerprint density at radius 1 is 1.12 bits per heavy atom. The average Bonchev–Trinajstić information content (AvgIpc) is 2.62. The summed E-state index contributed by atoms with van der Waals surface area (Å²) < 4.78 is 0. The number of hydrogen-bond acceptors (Lipinski definition) is 2. The van der Waals surface area contributed by atoms with E-state index in [1.165, 1.54) is 59.4 Å². The van der Waals surface area contributed by atoms with Gasteiger partial charge in [-0.25, -0.2) is 0 Å². The number of anilines is 2. The van der Waals surface area contributed by atoms with Gasteiger partial charge < -0.3 is 10.2 Å². The Bertz CT molecular complexity index is 705. The van der Waals surface area contributed by atoms with Gasteiger partial charge >= 0.3 is 0 Å². The summed E-state index contributed by atoms with van der Waals surface area (Å²) in [6.07, 6.45) is 3.70. The smallest absolute Gasteiger partial charge is 0.0405 e. The van der Waals surface area contributed by atoms with E-state index in [1.807, 2.05) is 7.05 Å². The molecule has 2 aromatic rings. The predicted molar refractivity (Wildman–Crippen MR) is 106 cm³/mol. The van der Waals surface area contributed by atoms with Crippen molar-refractivity contribution < 1.29 is 0 Å². The maximum atomic E-state index is 3.26. The SMILES string of the molecule is CCCN1CC(CC)Cc2ccc(-c3cc(NC)ccc3C)cc21. The fraction of sp³-hybridized carbons (Fsp3) is 0.455. The van der Waals surface area contributed by atoms with E-state index >= 15 is 0 Å². The summed E-state index contributed by atoms with van der Waals surface area (Å²) in [6.45, 7) is 9.16. The molecule has 1 aliphatic heterocycles. The largest absolute Gasteiger partial charge is 0.388 e. The summed E-state index contributed by atoms with van der Waals surface area (Å²) in [5.74, 6) is 0.796. The highest BCUT2D eigenvalue weighted by Gasteiger charge is 2.23. The molecule has 0 aliphatic carbocycles. The van der Waals surface area contributed by atoms with Crippen LogP contribution in [0.15, 0.2) is 36.4 Å². The third-order valence-electron chi connectivity index (χ3n) is 5.32. The van der Waals surface area contributed by atoms with Gasteiger partial charge in [-0.3, -0.25) is 0 Å². The van der Waals surface area contributed by atoms with Crippen LogP contribution in [0.3, 0.4) is 0 Å². The summed E-state index contributed by atoms with van der Waals surface area (Å²) in [6, 6.07) is 13.7. The number of benzene rings is 2. The molecule has 0 saturated heterocycles. The molecule has 3 rings (SSSR count). The summed E-state index contributed by atoms with van der Waals surface area (Å²) in [5, 5.41) is 3.26. The molecule has 1 heterocycles. The Morgan fingerprint density at radius 2 is 1.96 bits per heavy atom. The molecular weight excluding hydrogens is 292 g/mol. The molecule has 1 N–H and O–H groups in total. The maximum absolute atomic E-state index is 3.26. The molecule has 0 fully saturated rings. The molecule has 1 unspecified atom stereocenters. The van der Waals surface area contributed by atoms with Crippen LogP contribution in [-0.4, -0.2) is 20.1 Å². The minimum Gasteiger partial charge on any atom is -0.388 e. The van der Waals surface area contributed by atoms with Gasteiger partial charge in [-0.2, -0.15) is 0 Å². The first-order valence-corrected chi connectivity index (χ1v) is 9.32. The fourth-order valence-corrected chi connectivity index (χ4v) is 3.83. The number of nitrogens with one attached hydrogen (secondary N) is 1. The first-order valence-electron chi connectivity index (χ1n) is 9.32. The van der Waals surface area contributed by atoms with Crippen molar-refractivity contribution in [1.82, 2.24) is 0 Å². The molecule has 128 valence electrons. The van der Waals surface area contributed by atoms with E-state index in [0.717, 1.165) is 12.5 Å². The highest BCUT2D eigenvalue weighted by molar-refractivity contribution is 5.76. The monoisotopic (exact) mass is 322 g/mol. The molecule has 1 aliphatic rings. The zero-order chi connectivity index (χ0) is 17.1. The Balaban J connectivity index is 2.03. The van der Waals surface area contributed by atoms with Crippen molar-refractivity contribution in [2.45, 2.75) is 40.0 Å². The molecule has 0 aromatic heterocycles. The first kappa shape index (κ1) is 16.9. The van der Waals surface area contributed by atoms with Crippen LogP contribution < -0.4 is 10.2 Å². The van der Waals surface area contributed by atoms with E-state index in [4.69, 9.17) is 0 Å². The van der Waals surface area contributed by atoms with E-state index in [1.54, 1.807) is 0 Å². The summed E-state index contributed by atoms with van der Waals surface area (Å²) in [4.78, 5) is 2.60. The first-order chi connectivity index (χ1) is 11.7. The second kappa shape index (κ2) is 7.29. The molecule has 0 bridgehead atoms. The van der Waals surface area contributed by atoms with Crippen LogP contribution in [0.5, 0.6) is 0 Å². The lowest BCUT2D eigenvalue weighted by atomic mass is 9.88. The minimum atomic E-state index is 0.796. The van der Waals surface area contributed by atoms with Crippen molar-refractivity contribution in [3.63, 3.8) is 0 Å². The number of fused-ring (bicyclic) bond motifs is 1. The van der Waals surface area contributed by atoms with Crippen LogP contribution in [-0.2, 0) is 6.42 Å². The van der Waals surface area contributed by atoms with Gasteiger partial charge in [0.2, 0.25) is 0 Å². The van der Waals surface area contributed by atoms with Crippen molar-refractivity contribution in [3.05, 3.63) is 47.5 Å². The third kappa shape index (κ3) is 3.28. The highest BCUT2D eigenvalue weighted by atomic mass is 15.1. The van der Waals surface area contributed by atoms with E-state index in [2.05, 4.69) is 67.4 Å². The lowest BCUT2D eigenvalue weighted by molar-refractivity contribution is 0.474. The van der Waals surface area contributed by atoms with Crippen molar-refractivity contribution in [3.8, 4) is 11.1 Å². The van der Waals surface area contributed by atoms with Gasteiger partial charge in [-0.05, 0) is 66.1 Å². The lowest BCUT2D eigenvalue weighted by Crippen LogP contribution is -2.35. The van der Waals surface area contributed by atoms with Gasteiger partial charge in [0.1, 0.15) is 0 Å². The van der Waals surface area contributed by atoms with Crippen LogP contribution in [0.2, 0.25) is 0 Å². The third-order valence-corrected chi connectivity index (χ3v) is 5.32. The second-order valence-electron chi connectivity index (χ2n) is 7.05. The molecule has 0 spiro atoms. The van der Waals surface area contributed by atoms with Crippen LogP contribution in [0.1, 0.15) is 37.8 Å². The van der Waals surface area contributed by atoms with Crippen LogP contribution in [0, 0.1) is 12.8 Å². The Labute approximate surface area is 146 Å². The lowest BCUT2D eigenvalue weighted by Gasteiger charge is -2.36. The fourth-order valence-electron chi connectivity index (χ4n) is 3.83. The van der Waals surface area contributed by atoms with Gasteiger partial charge in [0, 0.05) is 31.5 Å². The van der Waals surface area contributed by atoms with Crippen LogP contribution >= 0.6 is 0 Å². The Kier molecular flexibility index (Phi) is 5.13. The zero-order valence-electron chi connectivity index (χ0n) is 15.5. The van der Waals surface area contributed by atoms with E-state index in [9.17, 15) is 0 Å². The Hall–Kier alpha value is -1.96. The topological polar surface area (TPSA) is 15.3 Å². The maximum Gasteiger partial charge on any atom is 0.0405 e. The van der Waals surface area contributed by atoms with Crippen LogP contribution in [0.25, 0.3) is 11.1 Å². The van der Waals surface area contributed by atoms with Crippen molar-refractivity contribution >= 4 is 11.4 Å².